The molecule has 0 aromatic heterocycles. The molecule has 0 saturated carbocycles. The van der Waals surface area contributed by atoms with Gasteiger partial charge >= 0.3 is 5.97 Å². The Hall–Kier alpha value is -2.86. The quantitative estimate of drug-likeness (QED) is 0.630. The number of Topliss-reactive ketones (excluding diaryl/α,β-unsaturated/α-hetero) is 1. The minimum atomic E-state index is -0.741. The van der Waals surface area contributed by atoms with Crippen LogP contribution < -0.4 is 10.1 Å². The largest absolute Gasteiger partial charge is 0.496 e. The summed E-state index contributed by atoms with van der Waals surface area (Å²) < 4.78 is 10.1. The first-order chi connectivity index (χ1) is 11.9. The monoisotopic (exact) mass is 361 g/mol. The molecule has 0 heterocycles. The summed E-state index contributed by atoms with van der Waals surface area (Å²) in [7, 11) is 1.41. The van der Waals surface area contributed by atoms with Crippen LogP contribution in [-0.2, 0) is 9.53 Å². The zero-order valence-electron chi connectivity index (χ0n) is 13.7. The van der Waals surface area contributed by atoms with E-state index in [1.54, 1.807) is 30.3 Å². The van der Waals surface area contributed by atoms with Crippen molar-refractivity contribution in [1.82, 2.24) is 0 Å². The van der Waals surface area contributed by atoms with E-state index in [2.05, 4.69) is 5.32 Å². The first-order valence-corrected chi connectivity index (χ1v) is 7.70. The Kier molecular flexibility index (Phi) is 6.14. The van der Waals surface area contributed by atoms with Gasteiger partial charge in [-0.3, -0.25) is 9.59 Å². The molecule has 0 unspecified atom stereocenters. The number of hydrogen-bond donors (Lipinski definition) is 1. The van der Waals surface area contributed by atoms with E-state index in [0.717, 1.165) is 0 Å². The molecule has 0 bridgehead atoms. The average Bonchev–Trinajstić information content (AvgIpc) is 2.60. The fourth-order valence-electron chi connectivity index (χ4n) is 2.13. The highest BCUT2D eigenvalue weighted by Gasteiger charge is 2.17. The zero-order chi connectivity index (χ0) is 18.4. The second kappa shape index (κ2) is 8.30. The minimum Gasteiger partial charge on any atom is -0.496 e. The molecule has 25 heavy (non-hydrogen) atoms. The van der Waals surface area contributed by atoms with Crippen LogP contribution in [-0.4, -0.2) is 31.4 Å². The number of benzene rings is 2. The van der Waals surface area contributed by atoms with Gasteiger partial charge in [0.25, 0.3) is 5.91 Å². The van der Waals surface area contributed by atoms with Gasteiger partial charge < -0.3 is 14.8 Å². The van der Waals surface area contributed by atoms with E-state index in [-0.39, 0.29) is 17.1 Å². The van der Waals surface area contributed by atoms with Crippen molar-refractivity contribution in [2.24, 2.45) is 0 Å². The summed E-state index contributed by atoms with van der Waals surface area (Å²) in [4.78, 5) is 35.6. The SMILES string of the molecule is COc1ccc(Cl)cc1C(=O)OCC(=O)Nc1ccccc1C(C)=O. The smallest absolute Gasteiger partial charge is 0.342 e. The number of halogens is 1. The normalized spacial score (nSPS) is 10.0. The van der Waals surface area contributed by atoms with E-state index in [9.17, 15) is 14.4 Å². The first kappa shape index (κ1) is 18.5. The number of methoxy groups -OCH3 is 1. The molecule has 2 rings (SSSR count). The van der Waals surface area contributed by atoms with Crippen LogP contribution in [0.3, 0.4) is 0 Å². The van der Waals surface area contributed by atoms with Crippen molar-refractivity contribution in [2.45, 2.75) is 6.92 Å². The lowest BCUT2D eigenvalue weighted by Gasteiger charge is -2.11. The van der Waals surface area contributed by atoms with Gasteiger partial charge in [0.05, 0.1) is 12.8 Å². The summed E-state index contributed by atoms with van der Waals surface area (Å²) in [5.41, 5.74) is 0.849. The Bertz CT molecular complexity index is 819. The van der Waals surface area contributed by atoms with Crippen molar-refractivity contribution in [1.29, 1.82) is 0 Å². The molecule has 0 saturated heterocycles. The van der Waals surface area contributed by atoms with Crippen molar-refractivity contribution < 1.29 is 23.9 Å². The molecular formula is C18H16ClNO5. The molecule has 2 aromatic rings. The third kappa shape index (κ3) is 4.81. The topological polar surface area (TPSA) is 81.7 Å². The summed E-state index contributed by atoms with van der Waals surface area (Å²) >= 11 is 5.86. The fraction of sp³-hybridized carbons (Fsp3) is 0.167. The summed E-state index contributed by atoms with van der Waals surface area (Å²) in [5.74, 6) is -1.20. The number of ether oxygens (including phenoxy) is 2. The lowest BCUT2D eigenvalue weighted by atomic mass is 10.1. The van der Waals surface area contributed by atoms with Crippen LogP contribution in [0.1, 0.15) is 27.6 Å². The molecule has 0 radical (unpaired) electrons. The van der Waals surface area contributed by atoms with Crippen LogP contribution in [0.2, 0.25) is 5.02 Å². The van der Waals surface area contributed by atoms with Gasteiger partial charge in [-0.05, 0) is 37.3 Å². The van der Waals surface area contributed by atoms with E-state index in [1.165, 1.54) is 26.2 Å². The molecular weight excluding hydrogens is 346 g/mol. The Morgan fingerprint density at radius 1 is 1.08 bits per heavy atom. The van der Waals surface area contributed by atoms with Gasteiger partial charge in [-0.15, -0.1) is 0 Å². The standard InChI is InChI=1S/C18H16ClNO5/c1-11(21)13-5-3-4-6-15(13)20-17(22)10-25-18(23)14-9-12(19)7-8-16(14)24-2/h3-9H,10H2,1-2H3,(H,20,22). The van der Waals surface area contributed by atoms with E-state index >= 15 is 0 Å². The summed E-state index contributed by atoms with van der Waals surface area (Å²) in [6.07, 6.45) is 0. The van der Waals surface area contributed by atoms with Gasteiger partial charge in [-0.25, -0.2) is 4.79 Å². The van der Waals surface area contributed by atoms with Crippen molar-refractivity contribution in [3.8, 4) is 5.75 Å². The molecule has 1 amide bonds. The predicted molar refractivity (Wildman–Crippen MR) is 93.4 cm³/mol. The van der Waals surface area contributed by atoms with Crippen LogP contribution in [0.4, 0.5) is 5.69 Å². The molecule has 7 heteroatoms. The number of nitrogens with one attached hydrogen (secondary N) is 1. The van der Waals surface area contributed by atoms with Crippen LogP contribution in [0.15, 0.2) is 42.5 Å². The second-order valence-corrected chi connectivity index (χ2v) is 5.51. The second-order valence-electron chi connectivity index (χ2n) is 5.07. The number of carbonyl (C=O) groups is 3. The maximum Gasteiger partial charge on any atom is 0.342 e. The Labute approximate surface area is 149 Å². The van der Waals surface area contributed by atoms with E-state index in [4.69, 9.17) is 21.1 Å². The van der Waals surface area contributed by atoms with E-state index in [0.29, 0.717) is 16.3 Å². The number of ketones is 1. The molecule has 0 aliphatic heterocycles. The number of hydrogen-bond acceptors (Lipinski definition) is 5. The minimum absolute atomic E-state index is 0.118. The zero-order valence-corrected chi connectivity index (χ0v) is 14.4. The lowest BCUT2D eigenvalue weighted by molar-refractivity contribution is -0.119. The maximum atomic E-state index is 12.1. The number of rotatable bonds is 6. The van der Waals surface area contributed by atoms with Crippen molar-refractivity contribution in [3.05, 3.63) is 58.6 Å². The highest BCUT2D eigenvalue weighted by molar-refractivity contribution is 6.31. The third-order valence-corrected chi connectivity index (χ3v) is 3.53. The number of para-hydroxylation sites is 1. The van der Waals surface area contributed by atoms with Gasteiger partial charge in [-0.1, -0.05) is 23.7 Å². The number of amides is 1. The first-order valence-electron chi connectivity index (χ1n) is 7.33. The molecule has 6 nitrogen and oxygen atoms in total. The molecule has 2 aromatic carbocycles. The highest BCUT2D eigenvalue weighted by atomic mass is 35.5. The van der Waals surface area contributed by atoms with Gasteiger partial charge in [0.2, 0.25) is 0 Å². The molecule has 1 N–H and O–H groups in total. The van der Waals surface area contributed by atoms with E-state index in [1.807, 2.05) is 0 Å². The van der Waals surface area contributed by atoms with Gasteiger partial charge in [0, 0.05) is 10.6 Å². The average molecular weight is 362 g/mol. The number of carbonyl (C=O) groups excluding carboxylic acids is 3. The molecule has 0 aliphatic carbocycles. The highest BCUT2D eigenvalue weighted by Crippen LogP contribution is 2.23. The van der Waals surface area contributed by atoms with Gasteiger partial charge in [0.1, 0.15) is 11.3 Å². The molecule has 0 aliphatic rings. The molecule has 0 spiro atoms. The molecule has 0 atom stereocenters. The summed E-state index contributed by atoms with van der Waals surface area (Å²) in [6, 6.07) is 11.1. The summed E-state index contributed by atoms with van der Waals surface area (Å²) in [6.45, 7) is 0.886. The Morgan fingerprint density at radius 2 is 1.80 bits per heavy atom. The van der Waals surface area contributed by atoms with Gasteiger partial charge in [0.15, 0.2) is 12.4 Å². The van der Waals surface area contributed by atoms with Gasteiger partial charge in [-0.2, -0.15) is 0 Å². The Morgan fingerprint density at radius 3 is 2.48 bits per heavy atom. The molecule has 0 fully saturated rings. The fourth-order valence-corrected chi connectivity index (χ4v) is 2.31. The maximum absolute atomic E-state index is 12.1. The van der Waals surface area contributed by atoms with Crippen molar-refractivity contribution in [3.63, 3.8) is 0 Å². The Balaban J connectivity index is 2.02. The van der Waals surface area contributed by atoms with E-state index < -0.39 is 18.5 Å². The van der Waals surface area contributed by atoms with Crippen LogP contribution >= 0.6 is 11.6 Å². The van der Waals surface area contributed by atoms with Crippen LogP contribution in [0.5, 0.6) is 5.75 Å². The molecule has 130 valence electrons. The van der Waals surface area contributed by atoms with Crippen LogP contribution in [0, 0.1) is 0 Å². The third-order valence-electron chi connectivity index (χ3n) is 3.30. The van der Waals surface area contributed by atoms with Crippen molar-refractivity contribution >= 4 is 34.9 Å². The number of anilines is 1. The number of esters is 1. The lowest BCUT2D eigenvalue weighted by Crippen LogP contribution is -2.22. The van der Waals surface area contributed by atoms with Crippen molar-refractivity contribution in [2.75, 3.05) is 19.0 Å². The summed E-state index contributed by atoms with van der Waals surface area (Å²) in [5, 5.41) is 2.88. The predicted octanol–water partition coefficient (Wildman–Crippen LogP) is 3.35. The van der Waals surface area contributed by atoms with Crippen LogP contribution in [0.25, 0.3) is 0 Å².